The third kappa shape index (κ3) is 1.43. The summed E-state index contributed by atoms with van der Waals surface area (Å²) in [5.41, 5.74) is -1.98. The summed E-state index contributed by atoms with van der Waals surface area (Å²) in [6.07, 6.45) is 0. The number of alkyl halides is 2. The summed E-state index contributed by atoms with van der Waals surface area (Å²) in [6.45, 7) is 2.59. The van der Waals surface area contributed by atoms with E-state index in [0.29, 0.717) is 6.92 Å². The molecule has 0 saturated heterocycles. The monoisotopic (exact) mass is 152 g/mol. The van der Waals surface area contributed by atoms with E-state index in [1.807, 2.05) is 0 Å². The maximum absolute atomic E-state index is 12.4. The fraction of sp³-hybridized carbons (Fsp3) is 0.833. The van der Waals surface area contributed by atoms with E-state index < -0.39 is 17.3 Å². The number of hydrogen-bond donors (Lipinski definition) is 1. The number of hydrogen-bond acceptors (Lipinski definition) is 1. The quantitative estimate of drug-likeness (QED) is 0.654. The first-order valence-corrected chi connectivity index (χ1v) is 2.81. The van der Waals surface area contributed by atoms with Crippen molar-refractivity contribution in [1.29, 1.82) is 0 Å². The minimum Gasteiger partial charge on any atom is -0.481 e. The Kier molecular flexibility index (Phi) is 2.03. The van der Waals surface area contributed by atoms with Crippen molar-refractivity contribution in [1.82, 2.24) is 0 Å². The second-order valence-electron chi connectivity index (χ2n) is 2.82. The smallest absolute Gasteiger partial charge is 0.315 e. The largest absolute Gasteiger partial charge is 0.481 e. The standard InChI is InChI=1S/C6H10F2O2/c1-5(2,4(9)10)6(3,7)8/h1-3H3,(H,9,10). The van der Waals surface area contributed by atoms with Crippen LogP contribution in [0.3, 0.4) is 0 Å². The fourth-order valence-electron chi connectivity index (χ4n) is 0.188. The molecular formula is C6H10F2O2. The Morgan fingerprint density at radius 2 is 1.60 bits per heavy atom. The molecule has 4 heteroatoms. The summed E-state index contributed by atoms with van der Waals surface area (Å²) in [7, 11) is 0. The second kappa shape index (κ2) is 2.18. The molecule has 0 aromatic carbocycles. The third-order valence-electron chi connectivity index (χ3n) is 1.63. The van der Waals surface area contributed by atoms with Gasteiger partial charge >= 0.3 is 5.97 Å². The SMILES string of the molecule is CC(F)(F)C(C)(C)C(=O)O. The molecule has 0 aliphatic heterocycles. The zero-order chi connectivity index (χ0) is 8.58. The Morgan fingerprint density at radius 3 is 1.60 bits per heavy atom. The maximum atomic E-state index is 12.4. The molecule has 0 unspecified atom stereocenters. The van der Waals surface area contributed by atoms with Crippen molar-refractivity contribution in [2.75, 3.05) is 0 Å². The molecule has 0 saturated carbocycles. The predicted molar refractivity (Wildman–Crippen MR) is 32.0 cm³/mol. The Hall–Kier alpha value is -0.670. The summed E-state index contributed by atoms with van der Waals surface area (Å²) in [5.74, 6) is -4.67. The molecule has 0 fully saturated rings. The molecule has 0 bridgehead atoms. The van der Waals surface area contributed by atoms with E-state index >= 15 is 0 Å². The number of carboxylic acid groups (broad SMARTS) is 1. The van der Waals surface area contributed by atoms with Gasteiger partial charge in [-0.3, -0.25) is 4.79 Å². The van der Waals surface area contributed by atoms with Crippen LogP contribution in [0.25, 0.3) is 0 Å². The van der Waals surface area contributed by atoms with Crippen LogP contribution in [0.5, 0.6) is 0 Å². The van der Waals surface area contributed by atoms with Gasteiger partial charge in [-0.15, -0.1) is 0 Å². The van der Waals surface area contributed by atoms with Gasteiger partial charge < -0.3 is 5.11 Å². The molecule has 2 nitrogen and oxygen atoms in total. The Bertz CT molecular complexity index is 146. The van der Waals surface area contributed by atoms with Gasteiger partial charge in [-0.05, 0) is 13.8 Å². The molecule has 0 spiro atoms. The second-order valence-corrected chi connectivity index (χ2v) is 2.82. The molecule has 60 valence electrons. The average molecular weight is 152 g/mol. The molecule has 0 rings (SSSR count). The number of carboxylic acids is 1. The molecule has 0 heterocycles. The molecule has 0 radical (unpaired) electrons. The fourth-order valence-corrected chi connectivity index (χ4v) is 0.188. The van der Waals surface area contributed by atoms with Crippen LogP contribution in [0, 0.1) is 5.41 Å². The van der Waals surface area contributed by atoms with Crippen molar-refractivity contribution >= 4 is 5.97 Å². The first-order valence-electron chi connectivity index (χ1n) is 2.81. The lowest BCUT2D eigenvalue weighted by Gasteiger charge is -2.26. The van der Waals surface area contributed by atoms with Crippen LogP contribution in [0.1, 0.15) is 20.8 Å². The van der Waals surface area contributed by atoms with Crippen LogP contribution in [0.2, 0.25) is 0 Å². The van der Waals surface area contributed by atoms with Crippen LogP contribution in [-0.4, -0.2) is 17.0 Å². The minimum absolute atomic E-state index is 0.598. The van der Waals surface area contributed by atoms with Gasteiger partial charge in [0.2, 0.25) is 0 Å². The van der Waals surface area contributed by atoms with Gasteiger partial charge in [0.1, 0.15) is 5.41 Å². The summed E-state index contributed by atoms with van der Waals surface area (Å²) in [4.78, 5) is 10.2. The zero-order valence-electron chi connectivity index (χ0n) is 6.11. The van der Waals surface area contributed by atoms with Crippen molar-refractivity contribution in [2.24, 2.45) is 5.41 Å². The molecule has 1 N–H and O–H groups in total. The average Bonchev–Trinajstić information content (AvgIpc) is 1.62. The lowest BCUT2D eigenvalue weighted by Crippen LogP contribution is -2.40. The highest BCUT2D eigenvalue weighted by atomic mass is 19.3. The van der Waals surface area contributed by atoms with Crippen molar-refractivity contribution in [2.45, 2.75) is 26.7 Å². The van der Waals surface area contributed by atoms with Gasteiger partial charge in [0.15, 0.2) is 0 Å². The van der Waals surface area contributed by atoms with Gasteiger partial charge in [-0.25, -0.2) is 8.78 Å². The minimum atomic E-state index is -3.18. The van der Waals surface area contributed by atoms with Gasteiger partial charge in [0, 0.05) is 6.92 Å². The first kappa shape index (κ1) is 9.33. The predicted octanol–water partition coefficient (Wildman–Crippen LogP) is 1.75. The maximum Gasteiger partial charge on any atom is 0.315 e. The topological polar surface area (TPSA) is 37.3 Å². The van der Waals surface area contributed by atoms with Crippen LogP contribution < -0.4 is 0 Å². The molecule has 0 aromatic rings. The molecular weight excluding hydrogens is 142 g/mol. The summed E-state index contributed by atoms with van der Waals surface area (Å²) >= 11 is 0. The van der Waals surface area contributed by atoms with E-state index in [1.165, 1.54) is 0 Å². The summed E-state index contributed by atoms with van der Waals surface area (Å²) in [6, 6.07) is 0. The van der Waals surface area contributed by atoms with Crippen LogP contribution in [0.4, 0.5) is 8.78 Å². The van der Waals surface area contributed by atoms with Crippen molar-refractivity contribution in [3.05, 3.63) is 0 Å². The van der Waals surface area contributed by atoms with E-state index in [9.17, 15) is 13.6 Å². The lowest BCUT2D eigenvalue weighted by atomic mass is 9.87. The molecule has 0 aliphatic carbocycles. The van der Waals surface area contributed by atoms with Gasteiger partial charge in [-0.1, -0.05) is 0 Å². The summed E-state index contributed by atoms with van der Waals surface area (Å²) in [5, 5.41) is 8.30. The lowest BCUT2D eigenvalue weighted by molar-refractivity contribution is -0.169. The van der Waals surface area contributed by atoms with Crippen LogP contribution in [0.15, 0.2) is 0 Å². The van der Waals surface area contributed by atoms with E-state index in [4.69, 9.17) is 5.11 Å². The molecule has 0 aromatic heterocycles. The molecule has 10 heavy (non-hydrogen) atoms. The van der Waals surface area contributed by atoms with Crippen LogP contribution >= 0.6 is 0 Å². The Balaban J connectivity index is 4.57. The van der Waals surface area contributed by atoms with E-state index in [-0.39, 0.29) is 0 Å². The highest BCUT2D eigenvalue weighted by Crippen LogP contribution is 2.35. The zero-order valence-corrected chi connectivity index (χ0v) is 6.11. The molecule has 0 aliphatic rings. The first-order chi connectivity index (χ1) is 4.19. The third-order valence-corrected chi connectivity index (χ3v) is 1.63. The number of aliphatic carboxylic acids is 1. The van der Waals surface area contributed by atoms with E-state index in [2.05, 4.69) is 0 Å². The summed E-state index contributed by atoms with van der Waals surface area (Å²) < 4.78 is 24.7. The van der Waals surface area contributed by atoms with E-state index in [1.54, 1.807) is 0 Å². The van der Waals surface area contributed by atoms with Gasteiger partial charge in [0.05, 0.1) is 0 Å². The highest BCUT2D eigenvalue weighted by molar-refractivity contribution is 5.74. The number of halogens is 2. The van der Waals surface area contributed by atoms with Crippen molar-refractivity contribution < 1.29 is 18.7 Å². The van der Waals surface area contributed by atoms with E-state index in [0.717, 1.165) is 13.8 Å². The Labute approximate surface area is 57.9 Å². The normalized spacial score (nSPS) is 13.3. The number of rotatable bonds is 2. The van der Waals surface area contributed by atoms with Gasteiger partial charge in [-0.2, -0.15) is 0 Å². The van der Waals surface area contributed by atoms with Gasteiger partial charge in [0.25, 0.3) is 5.92 Å². The van der Waals surface area contributed by atoms with Crippen molar-refractivity contribution in [3.63, 3.8) is 0 Å². The number of carbonyl (C=O) groups is 1. The van der Waals surface area contributed by atoms with Crippen molar-refractivity contribution in [3.8, 4) is 0 Å². The van der Waals surface area contributed by atoms with Crippen LogP contribution in [-0.2, 0) is 4.79 Å². The molecule has 0 amide bonds. The molecule has 0 atom stereocenters. The Morgan fingerprint density at radius 1 is 1.30 bits per heavy atom. The highest BCUT2D eigenvalue weighted by Gasteiger charge is 2.48.